The van der Waals surface area contributed by atoms with E-state index < -0.39 is 6.10 Å². The average Bonchev–Trinajstić information content (AvgIpc) is 2.83. The van der Waals surface area contributed by atoms with Crippen LogP contribution in [0.15, 0.2) is 30.3 Å². The SMILES string of the molecule is Cc1ccc2cc(C(O)Cc3nnn(C)n3)ccc2n1. The number of rotatable bonds is 3. The highest BCUT2D eigenvalue weighted by molar-refractivity contribution is 5.79. The molecule has 2 heterocycles. The van der Waals surface area contributed by atoms with E-state index >= 15 is 0 Å². The van der Waals surface area contributed by atoms with Crippen LogP contribution >= 0.6 is 0 Å². The zero-order valence-corrected chi connectivity index (χ0v) is 11.4. The van der Waals surface area contributed by atoms with E-state index in [9.17, 15) is 5.11 Å². The molecule has 1 aromatic carbocycles. The zero-order chi connectivity index (χ0) is 14.1. The Hall–Kier alpha value is -2.34. The normalized spacial score (nSPS) is 12.8. The van der Waals surface area contributed by atoms with Gasteiger partial charge in [-0.2, -0.15) is 4.80 Å². The first-order valence-corrected chi connectivity index (χ1v) is 6.40. The van der Waals surface area contributed by atoms with Crippen LogP contribution in [0.3, 0.4) is 0 Å². The fourth-order valence-corrected chi connectivity index (χ4v) is 2.15. The van der Waals surface area contributed by atoms with Crippen LogP contribution in [0.5, 0.6) is 0 Å². The first-order chi connectivity index (χ1) is 9.61. The number of nitrogens with zero attached hydrogens (tertiary/aromatic N) is 5. The Morgan fingerprint density at radius 2 is 2.10 bits per heavy atom. The van der Waals surface area contributed by atoms with Gasteiger partial charge in [-0.15, -0.1) is 10.2 Å². The van der Waals surface area contributed by atoms with Gasteiger partial charge >= 0.3 is 0 Å². The van der Waals surface area contributed by atoms with Gasteiger partial charge in [0, 0.05) is 17.5 Å². The first kappa shape index (κ1) is 12.7. The second-order valence-corrected chi connectivity index (χ2v) is 4.82. The van der Waals surface area contributed by atoms with Gasteiger partial charge in [0.05, 0.1) is 18.7 Å². The van der Waals surface area contributed by atoms with Crippen molar-refractivity contribution in [1.82, 2.24) is 25.2 Å². The van der Waals surface area contributed by atoms with E-state index in [1.54, 1.807) is 7.05 Å². The minimum Gasteiger partial charge on any atom is -0.388 e. The van der Waals surface area contributed by atoms with Crippen molar-refractivity contribution in [2.24, 2.45) is 7.05 Å². The van der Waals surface area contributed by atoms with Crippen molar-refractivity contribution in [2.45, 2.75) is 19.4 Å². The van der Waals surface area contributed by atoms with Gasteiger partial charge in [0.15, 0.2) is 5.82 Å². The summed E-state index contributed by atoms with van der Waals surface area (Å²) in [5.41, 5.74) is 2.74. The standard InChI is InChI=1S/C14H15N5O/c1-9-3-4-10-7-11(5-6-12(10)15-9)13(20)8-14-16-18-19(2)17-14/h3-7,13,20H,8H2,1-2H3. The summed E-state index contributed by atoms with van der Waals surface area (Å²) in [4.78, 5) is 5.83. The maximum atomic E-state index is 10.3. The third-order valence-electron chi connectivity index (χ3n) is 3.16. The Kier molecular flexibility index (Phi) is 3.15. The number of fused-ring (bicyclic) bond motifs is 1. The smallest absolute Gasteiger partial charge is 0.177 e. The van der Waals surface area contributed by atoms with Gasteiger partial charge in [-0.25, -0.2) is 0 Å². The molecule has 0 fully saturated rings. The van der Waals surface area contributed by atoms with Crippen LogP contribution in [0.2, 0.25) is 0 Å². The summed E-state index contributed by atoms with van der Waals surface area (Å²) < 4.78 is 0. The minimum absolute atomic E-state index is 0.346. The lowest BCUT2D eigenvalue weighted by Crippen LogP contribution is -2.04. The maximum absolute atomic E-state index is 10.3. The van der Waals surface area contributed by atoms with Gasteiger partial charge in [-0.1, -0.05) is 12.1 Å². The Bertz CT molecular complexity index is 752. The van der Waals surface area contributed by atoms with Gasteiger partial charge in [0.1, 0.15) is 0 Å². The lowest BCUT2D eigenvalue weighted by Gasteiger charge is -2.09. The lowest BCUT2D eigenvalue weighted by atomic mass is 10.0. The van der Waals surface area contributed by atoms with Crippen LogP contribution in [0.25, 0.3) is 10.9 Å². The number of tetrazole rings is 1. The van der Waals surface area contributed by atoms with E-state index in [0.29, 0.717) is 12.2 Å². The zero-order valence-electron chi connectivity index (χ0n) is 11.4. The van der Waals surface area contributed by atoms with Gasteiger partial charge in [-0.05, 0) is 35.9 Å². The van der Waals surface area contributed by atoms with Crippen LogP contribution in [0.1, 0.15) is 23.2 Å². The second kappa shape index (κ2) is 4.97. The molecular formula is C14H15N5O. The van der Waals surface area contributed by atoms with E-state index in [4.69, 9.17) is 0 Å². The van der Waals surface area contributed by atoms with Gasteiger partial charge in [0.2, 0.25) is 0 Å². The predicted octanol–water partition coefficient (Wildman–Crippen LogP) is 1.34. The molecular weight excluding hydrogens is 254 g/mol. The summed E-state index contributed by atoms with van der Waals surface area (Å²) in [7, 11) is 1.70. The predicted molar refractivity (Wildman–Crippen MR) is 73.9 cm³/mol. The number of pyridine rings is 1. The molecule has 1 N–H and O–H groups in total. The molecule has 0 spiro atoms. The summed E-state index contributed by atoms with van der Waals surface area (Å²) in [6.45, 7) is 1.96. The molecule has 0 aliphatic rings. The van der Waals surface area contributed by atoms with Crippen LogP contribution in [-0.4, -0.2) is 30.3 Å². The molecule has 1 atom stereocenters. The van der Waals surface area contributed by atoms with Crippen LogP contribution in [0.4, 0.5) is 0 Å². The quantitative estimate of drug-likeness (QED) is 0.776. The van der Waals surface area contributed by atoms with Crippen molar-refractivity contribution in [3.05, 3.63) is 47.4 Å². The van der Waals surface area contributed by atoms with Crippen molar-refractivity contribution in [3.8, 4) is 0 Å². The third kappa shape index (κ3) is 2.50. The second-order valence-electron chi connectivity index (χ2n) is 4.82. The molecule has 0 bridgehead atoms. The topological polar surface area (TPSA) is 76.7 Å². The van der Waals surface area contributed by atoms with Gasteiger partial charge < -0.3 is 5.11 Å². The van der Waals surface area contributed by atoms with Gasteiger partial charge in [0.25, 0.3) is 0 Å². The van der Waals surface area contributed by atoms with E-state index in [2.05, 4.69) is 20.4 Å². The molecule has 0 aliphatic heterocycles. The number of benzene rings is 1. The van der Waals surface area contributed by atoms with Crippen molar-refractivity contribution in [2.75, 3.05) is 0 Å². The molecule has 0 saturated heterocycles. The fraction of sp³-hybridized carbons (Fsp3) is 0.286. The number of aryl methyl sites for hydroxylation is 2. The van der Waals surface area contributed by atoms with E-state index in [1.165, 1.54) is 4.80 Å². The summed E-state index contributed by atoms with van der Waals surface area (Å²) in [5.74, 6) is 0.530. The number of aliphatic hydroxyl groups is 1. The fourth-order valence-electron chi connectivity index (χ4n) is 2.15. The third-order valence-corrected chi connectivity index (χ3v) is 3.16. The number of aliphatic hydroxyl groups excluding tert-OH is 1. The molecule has 0 radical (unpaired) electrons. The maximum Gasteiger partial charge on any atom is 0.177 e. The van der Waals surface area contributed by atoms with Crippen molar-refractivity contribution >= 4 is 10.9 Å². The van der Waals surface area contributed by atoms with E-state index in [-0.39, 0.29) is 0 Å². The molecule has 2 aromatic heterocycles. The minimum atomic E-state index is -0.648. The van der Waals surface area contributed by atoms with Crippen molar-refractivity contribution in [3.63, 3.8) is 0 Å². The van der Waals surface area contributed by atoms with Gasteiger partial charge in [-0.3, -0.25) is 4.98 Å². The Morgan fingerprint density at radius 1 is 1.25 bits per heavy atom. The Morgan fingerprint density at radius 3 is 2.85 bits per heavy atom. The number of hydrogen-bond donors (Lipinski definition) is 1. The highest BCUT2D eigenvalue weighted by Crippen LogP contribution is 2.21. The molecule has 6 heteroatoms. The van der Waals surface area contributed by atoms with Crippen LogP contribution < -0.4 is 0 Å². The van der Waals surface area contributed by atoms with Crippen LogP contribution in [-0.2, 0) is 13.5 Å². The summed E-state index contributed by atoms with van der Waals surface area (Å²) >= 11 is 0. The first-order valence-electron chi connectivity index (χ1n) is 6.40. The molecule has 0 saturated carbocycles. The highest BCUT2D eigenvalue weighted by Gasteiger charge is 2.12. The van der Waals surface area contributed by atoms with Crippen LogP contribution in [0, 0.1) is 6.92 Å². The highest BCUT2D eigenvalue weighted by atomic mass is 16.3. The summed E-state index contributed by atoms with van der Waals surface area (Å²) in [5, 5.41) is 23.0. The summed E-state index contributed by atoms with van der Waals surface area (Å²) in [6.07, 6.45) is -0.302. The lowest BCUT2D eigenvalue weighted by molar-refractivity contribution is 0.176. The Labute approximate surface area is 116 Å². The molecule has 102 valence electrons. The Balaban J connectivity index is 1.87. The number of aromatic nitrogens is 5. The molecule has 6 nitrogen and oxygen atoms in total. The molecule has 3 aromatic rings. The number of hydrogen-bond acceptors (Lipinski definition) is 5. The largest absolute Gasteiger partial charge is 0.388 e. The molecule has 0 amide bonds. The van der Waals surface area contributed by atoms with E-state index in [0.717, 1.165) is 22.2 Å². The monoisotopic (exact) mass is 269 g/mol. The molecule has 20 heavy (non-hydrogen) atoms. The summed E-state index contributed by atoms with van der Waals surface area (Å²) in [6, 6.07) is 9.72. The van der Waals surface area contributed by atoms with E-state index in [1.807, 2.05) is 37.3 Å². The average molecular weight is 269 g/mol. The molecule has 1 unspecified atom stereocenters. The molecule has 0 aliphatic carbocycles. The van der Waals surface area contributed by atoms with Crippen molar-refractivity contribution in [1.29, 1.82) is 0 Å². The van der Waals surface area contributed by atoms with Crippen molar-refractivity contribution < 1.29 is 5.11 Å². The molecule has 3 rings (SSSR count).